The Morgan fingerprint density at radius 3 is 2.48 bits per heavy atom. The number of nitrogens with zero attached hydrogens (tertiary/aromatic N) is 1. The van der Waals surface area contributed by atoms with E-state index >= 15 is 0 Å². The number of aromatic nitrogens is 1. The second kappa shape index (κ2) is 7.27. The molecule has 1 unspecified atom stereocenters. The highest BCUT2D eigenvalue weighted by Gasteiger charge is 2.16. The molecule has 2 aromatic rings. The molecule has 1 aromatic carbocycles. The van der Waals surface area contributed by atoms with Gasteiger partial charge in [-0.25, -0.2) is 0 Å². The van der Waals surface area contributed by atoms with Gasteiger partial charge in [0.15, 0.2) is 6.10 Å². The molecule has 0 aliphatic rings. The molecule has 0 aliphatic heterocycles. The van der Waals surface area contributed by atoms with Crippen molar-refractivity contribution in [3.8, 4) is 5.75 Å². The van der Waals surface area contributed by atoms with Crippen LogP contribution in [-0.4, -0.2) is 17.0 Å². The first kappa shape index (κ1) is 17.0. The third-order valence-electron chi connectivity index (χ3n) is 3.59. The van der Waals surface area contributed by atoms with E-state index in [1.807, 2.05) is 36.4 Å². The summed E-state index contributed by atoms with van der Waals surface area (Å²) in [6.07, 6.45) is 2.89. The van der Waals surface area contributed by atoms with Crippen molar-refractivity contribution in [2.75, 3.05) is 0 Å². The van der Waals surface area contributed by atoms with Gasteiger partial charge in [0, 0.05) is 18.9 Å². The Bertz CT molecular complexity index is 631. The Morgan fingerprint density at radius 1 is 1.22 bits per heavy atom. The van der Waals surface area contributed by atoms with Crippen LogP contribution in [0.4, 0.5) is 0 Å². The Kier molecular flexibility index (Phi) is 5.37. The Labute approximate surface area is 137 Å². The van der Waals surface area contributed by atoms with Crippen LogP contribution in [0.1, 0.15) is 38.8 Å². The van der Waals surface area contributed by atoms with E-state index in [-0.39, 0.29) is 11.3 Å². The van der Waals surface area contributed by atoms with Gasteiger partial charge in [-0.1, -0.05) is 39.0 Å². The standard InChI is InChI=1S/C19H24N2O2/c1-14(18(22)21-13-15-6-5-11-20-12-15)23-17-9-7-16(8-10-17)19(2,3)4/h5-12,14H,13H2,1-4H3,(H,21,22). The lowest BCUT2D eigenvalue weighted by Crippen LogP contribution is -2.35. The lowest BCUT2D eigenvalue weighted by atomic mass is 9.87. The van der Waals surface area contributed by atoms with Crippen LogP contribution in [0.25, 0.3) is 0 Å². The molecule has 0 spiro atoms. The number of amides is 1. The fourth-order valence-electron chi connectivity index (χ4n) is 2.13. The van der Waals surface area contributed by atoms with Crippen molar-refractivity contribution >= 4 is 5.91 Å². The van der Waals surface area contributed by atoms with Crippen LogP contribution in [0.15, 0.2) is 48.8 Å². The van der Waals surface area contributed by atoms with Crippen molar-refractivity contribution in [2.45, 2.75) is 45.8 Å². The Morgan fingerprint density at radius 2 is 1.91 bits per heavy atom. The van der Waals surface area contributed by atoms with Crippen LogP contribution < -0.4 is 10.1 Å². The molecule has 0 saturated carbocycles. The molecule has 1 atom stereocenters. The zero-order chi connectivity index (χ0) is 16.9. The molecule has 122 valence electrons. The second-order valence-corrected chi connectivity index (χ2v) is 6.61. The summed E-state index contributed by atoms with van der Waals surface area (Å²) >= 11 is 0. The average molecular weight is 312 g/mol. The first-order chi connectivity index (χ1) is 10.9. The van der Waals surface area contributed by atoms with Gasteiger partial charge in [-0.05, 0) is 41.7 Å². The zero-order valence-electron chi connectivity index (χ0n) is 14.2. The molecular formula is C19H24N2O2. The van der Waals surface area contributed by atoms with E-state index in [9.17, 15) is 4.79 Å². The van der Waals surface area contributed by atoms with Crippen LogP contribution in [0.3, 0.4) is 0 Å². The fourth-order valence-corrected chi connectivity index (χ4v) is 2.13. The van der Waals surface area contributed by atoms with Gasteiger partial charge in [-0.3, -0.25) is 9.78 Å². The van der Waals surface area contributed by atoms with E-state index in [0.717, 1.165) is 5.56 Å². The molecule has 0 aliphatic carbocycles. The van der Waals surface area contributed by atoms with Gasteiger partial charge in [-0.2, -0.15) is 0 Å². The highest BCUT2D eigenvalue weighted by atomic mass is 16.5. The molecule has 4 nitrogen and oxygen atoms in total. The van der Waals surface area contributed by atoms with Crippen LogP contribution in [-0.2, 0) is 16.8 Å². The monoisotopic (exact) mass is 312 g/mol. The third kappa shape index (κ3) is 5.09. The minimum absolute atomic E-state index is 0.102. The molecule has 1 aromatic heterocycles. The third-order valence-corrected chi connectivity index (χ3v) is 3.59. The molecule has 0 radical (unpaired) electrons. The predicted molar refractivity (Wildman–Crippen MR) is 91.3 cm³/mol. The first-order valence-electron chi connectivity index (χ1n) is 7.80. The summed E-state index contributed by atoms with van der Waals surface area (Å²) in [5.41, 5.74) is 2.30. The SMILES string of the molecule is CC(Oc1ccc(C(C)(C)C)cc1)C(=O)NCc1cccnc1. The van der Waals surface area contributed by atoms with Gasteiger partial charge >= 0.3 is 0 Å². The maximum atomic E-state index is 12.1. The molecule has 0 fully saturated rings. The van der Waals surface area contributed by atoms with Crippen molar-refractivity contribution in [3.63, 3.8) is 0 Å². The second-order valence-electron chi connectivity index (χ2n) is 6.61. The molecule has 1 amide bonds. The highest BCUT2D eigenvalue weighted by Crippen LogP contribution is 2.24. The molecule has 4 heteroatoms. The van der Waals surface area contributed by atoms with E-state index < -0.39 is 6.10 Å². The van der Waals surface area contributed by atoms with Crippen molar-refractivity contribution in [1.29, 1.82) is 0 Å². The van der Waals surface area contributed by atoms with Crippen molar-refractivity contribution < 1.29 is 9.53 Å². The number of carbonyl (C=O) groups is 1. The number of benzene rings is 1. The van der Waals surface area contributed by atoms with Crippen LogP contribution in [0.5, 0.6) is 5.75 Å². The Hall–Kier alpha value is -2.36. The number of ether oxygens (including phenoxy) is 1. The number of rotatable bonds is 5. The average Bonchev–Trinajstić information content (AvgIpc) is 2.53. The van der Waals surface area contributed by atoms with Crippen molar-refractivity contribution in [1.82, 2.24) is 10.3 Å². The molecule has 23 heavy (non-hydrogen) atoms. The zero-order valence-corrected chi connectivity index (χ0v) is 14.2. The topological polar surface area (TPSA) is 51.2 Å². The first-order valence-corrected chi connectivity index (χ1v) is 7.80. The van der Waals surface area contributed by atoms with E-state index in [2.05, 4.69) is 31.1 Å². The molecule has 0 saturated heterocycles. The van der Waals surface area contributed by atoms with Crippen LogP contribution in [0.2, 0.25) is 0 Å². The summed E-state index contributed by atoms with van der Waals surface area (Å²) in [6.45, 7) is 8.69. The van der Waals surface area contributed by atoms with Gasteiger partial charge in [0.05, 0.1) is 0 Å². The molecule has 2 rings (SSSR count). The van der Waals surface area contributed by atoms with Crippen molar-refractivity contribution in [2.24, 2.45) is 0 Å². The minimum atomic E-state index is -0.549. The lowest BCUT2D eigenvalue weighted by Gasteiger charge is -2.20. The van der Waals surface area contributed by atoms with E-state index in [1.54, 1.807) is 19.3 Å². The number of nitrogens with one attached hydrogen (secondary N) is 1. The van der Waals surface area contributed by atoms with E-state index in [4.69, 9.17) is 4.74 Å². The normalized spacial score (nSPS) is 12.5. The number of carbonyl (C=O) groups excluding carboxylic acids is 1. The summed E-state index contributed by atoms with van der Waals surface area (Å²) in [5, 5.41) is 2.85. The molecule has 1 N–H and O–H groups in total. The highest BCUT2D eigenvalue weighted by molar-refractivity contribution is 5.80. The predicted octanol–water partition coefficient (Wildman–Crippen LogP) is 3.46. The Balaban J connectivity index is 1.88. The largest absolute Gasteiger partial charge is 0.481 e. The molecule has 1 heterocycles. The molecule has 0 bridgehead atoms. The molecular weight excluding hydrogens is 288 g/mol. The minimum Gasteiger partial charge on any atom is -0.481 e. The quantitative estimate of drug-likeness (QED) is 0.920. The maximum absolute atomic E-state index is 12.1. The van der Waals surface area contributed by atoms with Gasteiger partial charge in [0.1, 0.15) is 5.75 Å². The summed E-state index contributed by atoms with van der Waals surface area (Å²) in [7, 11) is 0. The van der Waals surface area contributed by atoms with Gasteiger partial charge in [0.2, 0.25) is 0 Å². The van der Waals surface area contributed by atoms with Gasteiger partial charge in [0.25, 0.3) is 5.91 Å². The maximum Gasteiger partial charge on any atom is 0.261 e. The van der Waals surface area contributed by atoms with Gasteiger partial charge < -0.3 is 10.1 Å². The fraction of sp³-hybridized carbons (Fsp3) is 0.368. The van der Waals surface area contributed by atoms with Gasteiger partial charge in [-0.15, -0.1) is 0 Å². The van der Waals surface area contributed by atoms with Crippen LogP contribution in [0, 0.1) is 0 Å². The number of hydrogen-bond acceptors (Lipinski definition) is 3. The lowest BCUT2D eigenvalue weighted by molar-refractivity contribution is -0.127. The van der Waals surface area contributed by atoms with Crippen molar-refractivity contribution in [3.05, 3.63) is 59.9 Å². The van der Waals surface area contributed by atoms with Crippen LogP contribution >= 0.6 is 0 Å². The van der Waals surface area contributed by atoms with E-state index in [1.165, 1.54) is 5.56 Å². The number of pyridine rings is 1. The van der Waals surface area contributed by atoms with E-state index in [0.29, 0.717) is 12.3 Å². The summed E-state index contributed by atoms with van der Waals surface area (Å²) in [4.78, 5) is 16.1. The summed E-state index contributed by atoms with van der Waals surface area (Å²) in [5.74, 6) is 0.552. The summed E-state index contributed by atoms with van der Waals surface area (Å²) in [6, 6.07) is 11.7. The smallest absolute Gasteiger partial charge is 0.261 e. The number of hydrogen-bond donors (Lipinski definition) is 1. The summed E-state index contributed by atoms with van der Waals surface area (Å²) < 4.78 is 5.70.